The molecule has 2 aliphatic heterocycles. The van der Waals surface area contributed by atoms with Gasteiger partial charge in [0.25, 0.3) is 5.91 Å². The Bertz CT molecular complexity index is 806. The topological polar surface area (TPSA) is 53.2 Å². The maximum Gasteiger partial charge on any atom is 0.255 e. The van der Waals surface area contributed by atoms with Gasteiger partial charge in [-0.15, -0.1) is 0 Å². The third-order valence-electron chi connectivity index (χ3n) is 5.07. The molecule has 0 spiro atoms. The normalized spacial score (nSPS) is 21.8. The standard InChI is InChI=1S/C19H20N2O2/c1-11(2)15-9-12(10-18(22)20-15)19(23)21-16-7-8-17(21)14-6-4-3-5-13(14)16/h3-6,9-11,16-17H,7-8H2,1-2H3,(H,20,22). The van der Waals surface area contributed by atoms with Crippen molar-refractivity contribution in [3.63, 3.8) is 0 Å². The van der Waals surface area contributed by atoms with Crippen molar-refractivity contribution in [2.75, 3.05) is 0 Å². The lowest BCUT2D eigenvalue weighted by molar-refractivity contribution is 0.0696. The lowest BCUT2D eigenvalue weighted by Crippen LogP contribution is -2.29. The summed E-state index contributed by atoms with van der Waals surface area (Å²) in [5.74, 6) is 0.157. The van der Waals surface area contributed by atoms with Gasteiger partial charge in [0.15, 0.2) is 0 Å². The van der Waals surface area contributed by atoms with E-state index in [2.05, 4.69) is 17.1 Å². The minimum atomic E-state index is -0.205. The molecule has 0 saturated carbocycles. The first-order valence-electron chi connectivity index (χ1n) is 8.22. The summed E-state index contributed by atoms with van der Waals surface area (Å²) < 4.78 is 0. The third-order valence-corrected chi connectivity index (χ3v) is 5.07. The molecule has 23 heavy (non-hydrogen) atoms. The first kappa shape index (κ1) is 14.2. The van der Waals surface area contributed by atoms with Crippen molar-refractivity contribution in [3.8, 4) is 0 Å². The number of rotatable bonds is 2. The fourth-order valence-corrected chi connectivity index (χ4v) is 3.97. The van der Waals surface area contributed by atoms with Crippen molar-refractivity contribution in [3.05, 3.63) is 69.1 Å². The zero-order chi connectivity index (χ0) is 16.1. The lowest BCUT2D eigenvalue weighted by atomic mass is 9.92. The molecule has 1 amide bonds. The second kappa shape index (κ2) is 5.08. The van der Waals surface area contributed by atoms with Gasteiger partial charge < -0.3 is 9.88 Å². The summed E-state index contributed by atoms with van der Waals surface area (Å²) in [4.78, 5) is 29.8. The van der Waals surface area contributed by atoms with Crippen molar-refractivity contribution in [1.82, 2.24) is 9.88 Å². The fraction of sp³-hybridized carbons (Fsp3) is 0.368. The van der Waals surface area contributed by atoms with Crippen molar-refractivity contribution < 1.29 is 4.79 Å². The molecule has 2 unspecified atom stereocenters. The molecule has 4 nitrogen and oxygen atoms in total. The number of hydrogen-bond acceptors (Lipinski definition) is 2. The van der Waals surface area contributed by atoms with Crippen LogP contribution >= 0.6 is 0 Å². The van der Waals surface area contributed by atoms with E-state index in [1.165, 1.54) is 17.2 Å². The van der Waals surface area contributed by atoms with Gasteiger partial charge in [0.05, 0.1) is 12.1 Å². The summed E-state index contributed by atoms with van der Waals surface area (Å²) in [6.07, 6.45) is 2.02. The summed E-state index contributed by atoms with van der Waals surface area (Å²) in [6.45, 7) is 4.02. The van der Waals surface area contributed by atoms with E-state index in [-0.39, 0.29) is 29.5 Å². The van der Waals surface area contributed by atoms with E-state index in [4.69, 9.17) is 0 Å². The molecule has 3 heterocycles. The maximum absolute atomic E-state index is 13.1. The summed E-state index contributed by atoms with van der Waals surface area (Å²) >= 11 is 0. The van der Waals surface area contributed by atoms with Crippen LogP contribution in [0.3, 0.4) is 0 Å². The maximum atomic E-state index is 13.1. The number of pyridine rings is 1. The van der Waals surface area contributed by atoms with Crippen LogP contribution in [-0.2, 0) is 0 Å². The number of H-pyrrole nitrogens is 1. The summed E-state index contributed by atoms with van der Waals surface area (Å²) in [6, 6.07) is 11.9. The van der Waals surface area contributed by atoms with Gasteiger partial charge in [-0.1, -0.05) is 38.1 Å². The second-order valence-electron chi connectivity index (χ2n) is 6.79. The zero-order valence-corrected chi connectivity index (χ0v) is 13.4. The highest BCUT2D eigenvalue weighted by atomic mass is 16.2. The first-order valence-corrected chi connectivity index (χ1v) is 8.22. The number of nitrogens with zero attached hydrogens (tertiary/aromatic N) is 1. The number of benzene rings is 1. The number of aromatic amines is 1. The molecular weight excluding hydrogens is 288 g/mol. The van der Waals surface area contributed by atoms with Gasteiger partial charge in [-0.05, 0) is 36.0 Å². The van der Waals surface area contributed by atoms with Gasteiger partial charge in [0, 0.05) is 17.3 Å². The molecule has 2 aliphatic rings. The Hall–Kier alpha value is -2.36. The van der Waals surface area contributed by atoms with Crippen molar-refractivity contribution in [1.29, 1.82) is 0 Å². The predicted octanol–water partition coefficient (Wildman–Crippen LogP) is 3.53. The minimum Gasteiger partial charge on any atom is -0.326 e. The summed E-state index contributed by atoms with van der Waals surface area (Å²) in [5.41, 5.74) is 3.65. The fourth-order valence-electron chi connectivity index (χ4n) is 3.97. The second-order valence-corrected chi connectivity index (χ2v) is 6.79. The highest BCUT2D eigenvalue weighted by Crippen LogP contribution is 2.53. The largest absolute Gasteiger partial charge is 0.326 e. The van der Waals surface area contributed by atoms with Gasteiger partial charge in [-0.3, -0.25) is 9.59 Å². The number of nitrogens with one attached hydrogen (secondary N) is 1. The Labute approximate surface area is 135 Å². The molecule has 2 bridgehead atoms. The quantitative estimate of drug-likeness (QED) is 0.922. The van der Waals surface area contributed by atoms with E-state index in [0.717, 1.165) is 18.5 Å². The Kier molecular flexibility index (Phi) is 3.15. The number of amides is 1. The molecule has 2 aromatic rings. The Morgan fingerprint density at radius 3 is 2.30 bits per heavy atom. The van der Waals surface area contributed by atoms with E-state index in [0.29, 0.717) is 5.56 Å². The highest BCUT2D eigenvalue weighted by Gasteiger charge is 2.46. The smallest absolute Gasteiger partial charge is 0.255 e. The Balaban J connectivity index is 1.74. The number of fused-ring (bicyclic) bond motifs is 5. The first-order chi connectivity index (χ1) is 11.1. The molecule has 4 rings (SSSR count). The molecular formula is C19H20N2O2. The molecule has 1 fully saturated rings. The van der Waals surface area contributed by atoms with Crippen LogP contribution in [-0.4, -0.2) is 15.8 Å². The van der Waals surface area contributed by atoms with Gasteiger partial charge in [0.2, 0.25) is 5.56 Å². The van der Waals surface area contributed by atoms with Gasteiger partial charge >= 0.3 is 0 Å². The molecule has 1 N–H and O–H groups in total. The lowest BCUT2D eigenvalue weighted by Gasteiger charge is -2.23. The van der Waals surface area contributed by atoms with Gasteiger partial charge in [-0.2, -0.15) is 0 Å². The van der Waals surface area contributed by atoms with E-state index in [1.54, 1.807) is 0 Å². The van der Waals surface area contributed by atoms with Crippen LogP contribution in [0, 0.1) is 0 Å². The van der Waals surface area contributed by atoms with E-state index < -0.39 is 0 Å². The van der Waals surface area contributed by atoms with E-state index >= 15 is 0 Å². The molecule has 118 valence electrons. The van der Waals surface area contributed by atoms with Crippen molar-refractivity contribution in [2.45, 2.75) is 44.7 Å². The van der Waals surface area contributed by atoms with Gasteiger partial charge in [-0.25, -0.2) is 0 Å². The van der Waals surface area contributed by atoms with Crippen LogP contribution in [0.15, 0.2) is 41.2 Å². The average molecular weight is 308 g/mol. The average Bonchev–Trinajstić information content (AvgIpc) is 3.10. The predicted molar refractivity (Wildman–Crippen MR) is 88.5 cm³/mol. The molecule has 1 saturated heterocycles. The molecule has 0 aliphatic carbocycles. The van der Waals surface area contributed by atoms with Crippen molar-refractivity contribution in [2.24, 2.45) is 0 Å². The number of carbonyl (C=O) groups is 1. The summed E-state index contributed by atoms with van der Waals surface area (Å²) in [7, 11) is 0. The third kappa shape index (κ3) is 2.12. The van der Waals surface area contributed by atoms with Gasteiger partial charge in [0.1, 0.15) is 0 Å². The van der Waals surface area contributed by atoms with Crippen molar-refractivity contribution >= 4 is 5.91 Å². The highest BCUT2D eigenvalue weighted by molar-refractivity contribution is 5.95. The molecule has 0 radical (unpaired) electrons. The zero-order valence-electron chi connectivity index (χ0n) is 13.4. The monoisotopic (exact) mass is 308 g/mol. The van der Waals surface area contributed by atoms with Crippen LogP contribution in [0.4, 0.5) is 0 Å². The number of carbonyl (C=O) groups excluding carboxylic acids is 1. The van der Waals surface area contributed by atoms with Crippen LogP contribution in [0.25, 0.3) is 0 Å². The molecule has 4 heteroatoms. The Morgan fingerprint density at radius 2 is 1.74 bits per heavy atom. The van der Waals surface area contributed by atoms with E-state index in [1.807, 2.05) is 36.9 Å². The molecule has 1 aromatic carbocycles. The number of hydrogen-bond donors (Lipinski definition) is 1. The Morgan fingerprint density at radius 1 is 1.13 bits per heavy atom. The van der Waals surface area contributed by atoms with Crippen LogP contribution < -0.4 is 5.56 Å². The van der Waals surface area contributed by atoms with E-state index in [9.17, 15) is 9.59 Å². The molecule has 2 atom stereocenters. The summed E-state index contributed by atoms with van der Waals surface area (Å²) in [5, 5.41) is 0. The molecule has 1 aromatic heterocycles. The minimum absolute atomic E-state index is 0.0262. The van der Waals surface area contributed by atoms with Crippen LogP contribution in [0.2, 0.25) is 0 Å². The number of aromatic nitrogens is 1. The SMILES string of the molecule is CC(C)c1cc(C(=O)N2C3CCC2c2ccccc23)cc(=O)[nH]1. The van der Waals surface area contributed by atoms with Crippen LogP contribution in [0.5, 0.6) is 0 Å². The van der Waals surface area contributed by atoms with Crippen LogP contribution in [0.1, 0.15) is 71.9 Å².